The number of carbonyl (C=O) groups is 2. The van der Waals surface area contributed by atoms with E-state index in [4.69, 9.17) is 22.1 Å². The number of imide groups is 1. The molecule has 12 nitrogen and oxygen atoms in total. The monoisotopic (exact) mass is 521 g/mol. The van der Waals surface area contributed by atoms with Crippen LogP contribution < -0.4 is 32.8 Å². The van der Waals surface area contributed by atoms with Gasteiger partial charge in [0.1, 0.15) is 12.3 Å². The summed E-state index contributed by atoms with van der Waals surface area (Å²) in [4.78, 5) is 59.9. The van der Waals surface area contributed by atoms with E-state index in [1.165, 1.54) is 4.57 Å². The zero-order chi connectivity index (χ0) is 26.4. The van der Waals surface area contributed by atoms with Gasteiger partial charge in [-0.15, -0.1) is 0 Å². The van der Waals surface area contributed by atoms with E-state index in [9.17, 15) is 19.2 Å². The maximum Gasteiger partial charge on any atom is 0.335 e. The van der Waals surface area contributed by atoms with Gasteiger partial charge in [0, 0.05) is 17.3 Å². The van der Waals surface area contributed by atoms with Gasteiger partial charge in [0.05, 0.1) is 12.2 Å². The van der Waals surface area contributed by atoms with Crippen molar-refractivity contribution in [2.45, 2.75) is 13.1 Å². The maximum absolute atomic E-state index is 13.2. The molecule has 0 atom stereocenters. The average Bonchev–Trinajstić information content (AvgIpc) is 2.87. The molecule has 0 aliphatic carbocycles. The number of nitrogens with zero attached hydrogens (tertiary/aromatic N) is 4. The minimum absolute atomic E-state index is 0.00389. The van der Waals surface area contributed by atoms with Crippen LogP contribution >= 0.6 is 11.6 Å². The molecule has 0 aliphatic heterocycles. The van der Waals surface area contributed by atoms with Gasteiger partial charge in [0.25, 0.3) is 0 Å². The molecule has 4 N–H and O–H groups in total. The highest BCUT2D eigenvalue weighted by atomic mass is 35.5. The standard InChI is InChI=1S/C24H20ClN7O5/c25-16-6-4-15(5-7-16)13-31-22(30-23(35)32(24(31)36)14-19(33)29-21(26)34)28-17-8-10-18(11-9-17)37-20-3-1-2-12-27-20/h1-12H,13-14H2,(H,28,30,35)(H3,26,29,33,34). The van der Waals surface area contributed by atoms with Gasteiger partial charge in [0.2, 0.25) is 17.4 Å². The highest BCUT2D eigenvalue weighted by Crippen LogP contribution is 2.22. The first-order chi connectivity index (χ1) is 17.8. The first-order valence-electron chi connectivity index (χ1n) is 10.8. The molecule has 188 valence electrons. The summed E-state index contributed by atoms with van der Waals surface area (Å²) < 4.78 is 7.48. The molecule has 4 aromatic rings. The molecule has 4 rings (SSSR count). The van der Waals surface area contributed by atoms with Crippen molar-refractivity contribution in [3.63, 3.8) is 0 Å². The molecule has 13 heteroatoms. The Morgan fingerprint density at radius 1 is 1.03 bits per heavy atom. The zero-order valence-electron chi connectivity index (χ0n) is 19.1. The number of nitrogens with two attached hydrogens (primary N) is 1. The molecule has 3 amide bonds. The molecular weight excluding hydrogens is 502 g/mol. The Hall–Kier alpha value is -4.97. The topological polar surface area (TPSA) is 166 Å². The number of pyridine rings is 1. The molecule has 0 fully saturated rings. The molecule has 0 saturated carbocycles. The number of hydrogen-bond acceptors (Lipinski definition) is 7. The Bertz CT molecular complexity index is 1610. The number of aromatic amines is 1. The lowest BCUT2D eigenvalue weighted by Crippen LogP contribution is -2.52. The van der Waals surface area contributed by atoms with Crippen molar-refractivity contribution in [3.05, 3.63) is 110 Å². The van der Waals surface area contributed by atoms with E-state index in [1.807, 2.05) is 5.32 Å². The predicted octanol–water partition coefficient (Wildman–Crippen LogP) is 1.65. The summed E-state index contributed by atoms with van der Waals surface area (Å²) in [5, 5.41) is 2.33. The van der Waals surface area contributed by atoms with Crippen LogP contribution in [0.25, 0.3) is 0 Å². The molecule has 0 spiro atoms. The van der Waals surface area contributed by atoms with E-state index >= 15 is 0 Å². The summed E-state index contributed by atoms with van der Waals surface area (Å²) in [6, 6.07) is 17.5. The van der Waals surface area contributed by atoms with Crippen molar-refractivity contribution in [3.8, 4) is 11.6 Å². The minimum Gasteiger partial charge on any atom is -0.439 e. The molecule has 2 aromatic heterocycles. The van der Waals surface area contributed by atoms with Crippen LogP contribution in [0.4, 0.5) is 10.5 Å². The van der Waals surface area contributed by atoms with E-state index in [-0.39, 0.29) is 12.2 Å². The largest absolute Gasteiger partial charge is 0.439 e. The van der Waals surface area contributed by atoms with Gasteiger partial charge in [-0.2, -0.15) is 0 Å². The lowest BCUT2D eigenvalue weighted by atomic mass is 10.2. The number of H-pyrrole nitrogens is 1. The first kappa shape index (κ1) is 25.1. The van der Waals surface area contributed by atoms with Crippen LogP contribution in [0, 0.1) is 0 Å². The fourth-order valence-corrected chi connectivity index (χ4v) is 3.38. The Balaban J connectivity index is 1.73. The van der Waals surface area contributed by atoms with Crippen molar-refractivity contribution < 1.29 is 14.3 Å². The van der Waals surface area contributed by atoms with Crippen LogP contribution in [0.1, 0.15) is 5.56 Å². The van der Waals surface area contributed by atoms with Gasteiger partial charge in [-0.1, -0.05) is 29.8 Å². The zero-order valence-corrected chi connectivity index (χ0v) is 19.9. The normalized spacial score (nSPS) is 11.2. The number of aromatic nitrogens is 4. The Morgan fingerprint density at radius 2 is 1.76 bits per heavy atom. The third-order valence-corrected chi connectivity index (χ3v) is 5.18. The van der Waals surface area contributed by atoms with Crippen LogP contribution in [0.15, 0.2) is 87.5 Å². The van der Waals surface area contributed by atoms with Crippen molar-refractivity contribution in [2.24, 2.45) is 10.7 Å². The van der Waals surface area contributed by atoms with Crippen molar-refractivity contribution in [2.75, 3.05) is 0 Å². The molecular formula is C24H20ClN7O5. The van der Waals surface area contributed by atoms with E-state index in [2.05, 4.69) is 15.0 Å². The van der Waals surface area contributed by atoms with E-state index in [0.29, 0.717) is 32.5 Å². The van der Waals surface area contributed by atoms with Crippen molar-refractivity contribution >= 4 is 29.2 Å². The molecule has 0 saturated heterocycles. The highest BCUT2D eigenvalue weighted by Gasteiger charge is 2.14. The summed E-state index contributed by atoms with van der Waals surface area (Å²) in [5.41, 5.74) is 4.26. The van der Waals surface area contributed by atoms with Gasteiger partial charge < -0.3 is 10.5 Å². The second kappa shape index (κ2) is 11.2. The Labute approximate surface area is 213 Å². The fourth-order valence-electron chi connectivity index (χ4n) is 3.26. The highest BCUT2D eigenvalue weighted by molar-refractivity contribution is 6.30. The van der Waals surface area contributed by atoms with Gasteiger partial charge in [-0.05, 0) is 48.0 Å². The number of urea groups is 1. The summed E-state index contributed by atoms with van der Waals surface area (Å²) in [7, 11) is 0. The number of ether oxygens (including phenoxy) is 1. The number of nitrogens with one attached hydrogen (secondary N) is 2. The SMILES string of the molecule is NC(=O)NC(=O)Cn1c(=O)[nH]/c(=N\c2ccc(Oc3ccccn3)cc2)n(Cc2ccc(Cl)cc2)c1=O. The molecule has 0 radical (unpaired) electrons. The number of carbonyl (C=O) groups excluding carboxylic acids is 2. The molecule has 2 heterocycles. The molecule has 0 bridgehead atoms. The van der Waals surface area contributed by atoms with Crippen molar-refractivity contribution in [1.82, 2.24) is 24.4 Å². The summed E-state index contributed by atoms with van der Waals surface area (Å²) in [6.45, 7) is -0.721. The predicted molar refractivity (Wildman–Crippen MR) is 134 cm³/mol. The van der Waals surface area contributed by atoms with Crippen LogP contribution in [0.5, 0.6) is 11.6 Å². The van der Waals surface area contributed by atoms with E-state index in [1.54, 1.807) is 72.9 Å². The number of benzene rings is 2. The van der Waals surface area contributed by atoms with Crippen molar-refractivity contribution in [1.29, 1.82) is 0 Å². The maximum atomic E-state index is 13.2. The Kier molecular flexibility index (Phi) is 7.59. The molecule has 0 aliphatic rings. The van der Waals surface area contributed by atoms with Crippen LogP contribution in [0.2, 0.25) is 5.02 Å². The second-order valence-corrected chi connectivity index (χ2v) is 8.06. The smallest absolute Gasteiger partial charge is 0.335 e. The van der Waals surface area contributed by atoms with Crippen LogP contribution in [0.3, 0.4) is 0 Å². The van der Waals surface area contributed by atoms with Crippen LogP contribution in [-0.2, 0) is 17.9 Å². The Morgan fingerprint density at radius 3 is 2.41 bits per heavy atom. The molecule has 0 unspecified atom stereocenters. The summed E-state index contributed by atoms with van der Waals surface area (Å²) in [6.07, 6.45) is 1.61. The molecule has 2 aromatic carbocycles. The number of primary amides is 1. The minimum atomic E-state index is -1.11. The van der Waals surface area contributed by atoms with E-state index < -0.39 is 29.9 Å². The van der Waals surface area contributed by atoms with E-state index in [0.717, 1.165) is 0 Å². The number of halogens is 1. The average molecular weight is 522 g/mol. The fraction of sp³-hybridized carbons (Fsp3) is 0.0833. The number of amides is 3. The van der Waals surface area contributed by atoms with Crippen LogP contribution in [-0.4, -0.2) is 31.0 Å². The second-order valence-electron chi connectivity index (χ2n) is 7.62. The third kappa shape index (κ3) is 6.58. The first-order valence-corrected chi connectivity index (χ1v) is 11.2. The summed E-state index contributed by atoms with van der Waals surface area (Å²) >= 11 is 5.96. The quantitative estimate of drug-likeness (QED) is 0.334. The third-order valence-electron chi connectivity index (χ3n) is 4.93. The lowest BCUT2D eigenvalue weighted by molar-refractivity contribution is -0.120. The van der Waals surface area contributed by atoms with Gasteiger partial charge in [-0.25, -0.2) is 28.9 Å². The van der Waals surface area contributed by atoms with Gasteiger partial charge in [0.15, 0.2) is 0 Å². The summed E-state index contributed by atoms with van der Waals surface area (Å²) in [5.74, 6) is 0.00343. The lowest BCUT2D eigenvalue weighted by Gasteiger charge is -2.11. The number of hydrogen-bond donors (Lipinski definition) is 3. The van der Waals surface area contributed by atoms with Gasteiger partial charge in [-0.3, -0.25) is 19.7 Å². The molecule has 37 heavy (non-hydrogen) atoms. The number of rotatable bonds is 7. The van der Waals surface area contributed by atoms with Gasteiger partial charge >= 0.3 is 17.4 Å².